The lowest BCUT2D eigenvalue weighted by Gasteiger charge is -2.09. The first kappa shape index (κ1) is 11.5. The van der Waals surface area contributed by atoms with Crippen molar-refractivity contribution in [1.82, 2.24) is 0 Å². The third kappa shape index (κ3) is 3.29. The number of hydrogen-bond donors (Lipinski definition) is 0. The highest BCUT2D eigenvalue weighted by Crippen LogP contribution is 2.22. The molecule has 0 aliphatic carbocycles. The fraction of sp³-hybridized carbons (Fsp3) is 0.455. The summed E-state index contributed by atoms with van der Waals surface area (Å²) in [5, 5.41) is 0. The van der Waals surface area contributed by atoms with Gasteiger partial charge >= 0.3 is 0 Å². The van der Waals surface area contributed by atoms with Crippen molar-refractivity contribution >= 4 is 15.9 Å². The molecule has 0 aliphatic heterocycles. The van der Waals surface area contributed by atoms with Crippen LogP contribution < -0.4 is 4.74 Å². The molecular formula is C11H14BrFO. The molecule has 0 saturated carbocycles. The van der Waals surface area contributed by atoms with Crippen molar-refractivity contribution in [2.24, 2.45) is 0 Å². The molecule has 0 heterocycles. The Bertz CT molecular complexity index is 299. The van der Waals surface area contributed by atoms with Crippen LogP contribution in [0.3, 0.4) is 0 Å². The molecule has 3 heteroatoms. The minimum absolute atomic E-state index is 0.206. The SMILES string of the molecule is COc1ccc(F)cc1CCC(C)Br. The summed E-state index contributed by atoms with van der Waals surface area (Å²) in [6.07, 6.45) is 1.80. The highest BCUT2D eigenvalue weighted by Gasteiger charge is 2.05. The maximum atomic E-state index is 12.9. The van der Waals surface area contributed by atoms with E-state index >= 15 is 0 Å². The molecule has 0 bridgehead atoms. The molecule has 1 aromatic rings. The standard InChI is InChI=1S/C11H14BrFO/c1-8(12)3-4-9-7-10(13)5-6-11(9)14-2/h5-8H,3-4H2,1-2H3. The third-order valence-corrected chi connectivity index (χ3v) is 2.51. The molecule has 0 spiro atoms. The van der Waals surface area contributed by atoms with Gasteiger partial charge in [-0.25, -0.2) is 4.39 Å². The van der Waals surface area contributed by atoms with Crippen molar-refractivity contribution in [3.63, 3.8) is 0 Å². The molecule has 1 nitrogen and oxygen atoms in total. The summed E-state index contributed by atoms with van der Waals surface area (Å²) in [6, 6.07) is 4.62. The average Bonchev–Trinajstić information content (AvgIpc) is 2.15. The van der Waals surface area contributed by atoms with E-state index in [1.54, 1.807) is 13.2 Å². The van der Waals surface area contributed by atoms with Gasteiger partial charge in [0.25, 0.3) is 0 Å². The largest absolute Gasteiger partial charge is 0.496 e. The van der Waals surface area contributed by atoms with Crippen LogP contribution >= 0.6 is 15.9 Å². The van der Waals surface area contributed by atoms with Gasteiger partial charge in [-0.2, -0.15) is 0 Å². The Morgan fingerprint density at radius 1 is 1.50 bits per heavy atom. The molecule has 78 valence electrons. The van der Waals surface area contributed by atoms with Crippen LogP contribution in [0.5, 0.6) is 5.75 Å². The minimum atomic E-state index is -0.206. The molecule has 1 aromatic carbocycles. The van der Waals surface area contributed by atoms with E-state index in [9.17, 15) is 4.39 Å². The Morgan fingerprint density at radius 2 is 2.21 bits per heavy atom. The number of rotatable bonds is 4. The van der Waals surface area contributed by atoms with Gasteiger partial charge in [0.05, 0.1) is 7.11 Å². The molecule has 0 fully saturated rings. The van der Waals surface area contributed by atoms with Crippen molar-refractivity contribution in [2.45, 2.75) is 24.6 Å². The van der Waals surface area contributed by atoms with Gasteiger partial charge in [-0.1, -0.05) is 22.9 Å². The van der Waals surface area contributed by atoms with E-state index in [4.69, 9.17) is 4.74 Å². The van der Waals surface area contributed by atoms with Gasteiger partial charge in [0.15, 0.2) is 0 Å². The van der Waals surface area contributed by atoms with Crippen LogP contribution in [0.25, 0.3) is 0 Å². The third-order valence-electron chi connectivity index (χ3n) is 2.05. The zero-order valence-corrected chi connectivity index (χ0v) is 9.97. The van der Waals surface area contributed by atoms with E-state index in [-0.39, 0.29) is 5.82 Å². The molecular weight excluding hydrogens is 247 g/mol. The van der Waals surface area contributed by atoms with Crippen molar-refractivity contribution in [3.8, 4) is 5.75 Å². The van der Waals surface area contributed by atoms with Crippen LogP contribution in [0.1, 0.15) is 18.9 Å². The van der Waals surface area contributed by atoms with Crippen molar-refractivity contribution in [2.75, 3.05) is 7.11 Å². The van der Waals surface area contributed by atoms with Crippen molar-refractivity contribution < 1.29 is 9.13 Å². The molecule has 1 unspecified atom stereocenters. The Balaban J connectivity index is 2.77. The first-order valence-corrected chi connectivity index (χ1v) is 5.51. The van der Waals surface area contributed by atoms with Gasteiger partial charge in [-0.15, -0.1) is 0 Å². The summed E-state index contributed by atoms with van der Waals surface area (Å²) in [4.78, 5) is 0.440. The first-order valence-electron chi connectivity index (χ1n) is 4.60. The molecule has 0 radical (unpaired) electrons. The van der Waals surface area contributed by atoms with Gasteiger partial charge < -0.3 is 4.74 Å². The molecule has 0 aromatic heterocycles. The second-order valence-electron chi connectivity index (χ2n) is 3.28. The van der Waals surface area contributed by atoms with Crippen LogP contribution in [0, 0.1) is 5.82 Å². The number of halogens is 2. The van der Waals surface area contributed by atoms with E-state index in [0.717, 1.165) is 24.2 Å². The fourth-order valence-electron chi connectivity index (χ4n) is 1.30. The number of methoxy groups -OCH3 is 1. The molecule has 1 atom stereocenters. The summed E-state index contributed by atoms with van der Waals surface area (Å²) in [5.41, 5.74) is 0.929. The minimum Gasteiger partial charge on any atom is -0.496 e. The molecule has 0 aliphatic rings. The summed E-state index contributed by atoms with van der Waals surface area (Å²) in [6.45, 7) is 2.08. The van der Waals surface area contributed by atoms with Gasteiger partial charge in [0.2, 0.25) is 0 Å². The summed E-state index contributed by atoms with van der Waals surface area (Å²) < 4.78 is 18.1. The predicted octanol–water partition coefficient (Wildman–Crippen LogP) is 3.55. The van der Waals surface area contributed by atoms with Gasteiger partial charge in [-0.3, -0.25) is 0 Å². The highest BCUT2D eigenvalue weighted by atomic mass is 79.9. The van der Waals surface area contributed by atoms with Gasteiger partial charge in [0, 0.05) is 4.83 Å². The monoisotopic (exact) mass is 260 g/mol. The second kappa shape index (κ2) is 5.35. The number of hydrogen-bond acceptors (Lipinski definition) is 1. The zero-order valence-electron chi connectivity index (χ0n) is 8.39. The van der Waals surface area contributed by atoms with E-state index in [2.05, 4.69) is 22.9 Å². The van der Waals surface area contributed by atoms with Crippen LogP contribution in [0.15, 0.2) is 18.2 Å². The fourth-order valence-corrected chi connectivity index (χ4v) is 1.53. The molecule has 0 amide bonds. The Kier molecular flexibility index (Phi) is 4.39. The van der Waals surface area contributed by atoms with E-state index in [1.165, 1.54) is 12.1 Å². The van der Waals surface area contributed by atoms with Crippen LogP contribution in [0.4, 0.5) is 4.39 Å². The number of alkyl halides is 1. The van der Waals surface area contributed by atoms with E-state index in [0.29, 0.717) is 4.83 Å². The maximum absolute atomic E-state index is 12.9. The van der Waals surface area contributed by atoms with Gasteiger partial charge in [0.1, 0.15) is 11.6 Å². The lowest BCUT2D eigenvalue weighted by Crippen LogP contribution is -1.97. The molecule has 0 saturated heterocycles. The normalized spacial score (nSPS) is 12.6. The molecule has 14 heavy (non-hydrogen) atoms. The topological polar surface area (TPSA) is 9.23 Å². The summed E-state index contributed by atoms with van der Waals surface area (Å²) >= 11 is 3.46. The van der Waals surface area contributed by atoms with Gasteiger partial charge in [-0.05, 0) is 36.6 Å². The quantitative estimate of drug-likeness (QED) is 0.753. The highest BCUT2D eigenvalue weighted by molar-refractivity contribution is 9.09. The van der Waals surface area contributed by atoms with Crippen LogP contribution in [-0.4, -0.2) is 11.9 Å². The van der Waals surface area contributed by atoms with Crippen LogP contribution in [-0.2, 0) is 6.42 Å². The lowest BCUT2D eigenvalue weighted by atomic mass is 10.1. The lowest BCUT2D eigenvalue weighted by molar-refractivity contribution is 0.407. The Labute approximate surface area is 92.4 Å². The van der Waals surface area contributed by atoms with Crippen LogP contribution in [0.2, 0.25) is 0 Å². The Morgan fingerprint density at radius 3 is 2.79 bits per heavy atom. The number of aryl methyl sites for hydroxylation is 1. The smallest absolute Gasteiger partial charge is 0.123 e. The second-order valence-corrected chi connectivity index (χ2v) is 4.84. The Hall–Kier alpha value is -0.570. The summed E-state index contributed by atoms with van der Waals surface area (Å²) in [7, 11) is 1.61. The zero-order chi connectivity index (χ0) is 10.6. The number of ether oxygens (including phenoxy) is 1. The van der Waals surface area contributed by atoms with E-state index in [1.807, 2.05) is 0 Å². The maximum Gasteiger partial charge on any atom is 0.123 e. The van der Waals surface area contributed by atoms with E-state index < -0.39 is 0 Å². The van der Waals surface area contributed by atoms with Crippen molar-refractivity contribution in [3.05, 3.63) is 29.6 Å². The average molecular weight is 261 g/mol. The molecule has 1 rings (SSSR count). The van der Waals surface area contributed by atoms with Crippen molar-refractivity contribution in [1.29, 1.82) is 0 Å². The predicted molar refractivity (Wildman–Crippen MR) is 59.7 cm³/mol. The summed E-state index contributed by atoms with van der Waals surface area (Å²) in [5.74, 6) is 0.558. The first-order chi connectivity index (χ1) is 6.63. The molecule has 0 N–H and O–H groups in total. The number of benzene rings is 1.